The summed E-state index contributed by atoms with van der Waals surface area (Å²) in [5, 5.41) is 3.37. The van der Waals surface area contributed by atoms with Gasteiger partial charge in [-0.25, -0.2) is 4.39 Å². The van der Waals surface area contributed by atoms with Crippen molar-refractivity contribution in [1.29, 1.82) is 0 Å². The Hall–Kier alpha value is -2.28. The fourth-order valence-electron chi connectivity index (χ4n) is 2.36. The van der Waals surface area contributed by atoms with Crippen molar-refractivity contribution in [2.45, 2.75) is 19.1 Å². The van der Waals surface area contributed by atoms with Gasteiger partial charge in [0.15, 0.2) is 0 Å². The maximum Gasteiger partial charge on any atom is 0.416 e. The van der Waals surface area contributed by atoms with Crippen molar-refractivity contribution in [3.8, 4) is 0 Å². The maximum absolute atomic E-state index is 13.7. The van der Waals surface area contributed by atoms with Gasteiger partial charge in [0, 0.05) is 36.5 Å². The minimum atomic E-state index is -4.57. The quantitative estimate of drug-likeness (QED) is 0.363. The van der Waals surface area contributed by atoms with Crippen LogP contribution in [0.25, 0.3) is 10.4 Å². The normalized spacial score (nSPS) is 18.5. The highest BCUT2D eigenvalue weighted by Gasteiger charge is 2.33. The van der Waals surface area contributed by atoms with Gasteiger partial charge in [-0.2, -0.15) is 13.2 Å². The van der Waals surface area contributed by atoms with E-state index >= 15 is 0 Å². The summed E-state index contributed by atoms with van der Waals surface area (Å²) in [4.78, 5) is 15.7. The van der Waals surface area contributed by atoms with Crippen LogP contribution in [0.15, 0.2) is 23.3 Å². The van der Waals surface area contributed by atoms with E-state index in [1.807, 2.05) is 0 Å². The molecule has 1 unspecified atom stereocenters. The minimum Gasteiger partial charge on any atom is -0.338 e. The molecule has 0 spiro atoms. The Morgan fingerprint density at radius 1 is 1.41 bits per heavy atom. The molecule has 0 N–H and O–H groups in total. The maximum atomic E-state index is 13.7. The number of carbonyl (C=O) groups is 1. The highest BCUT2D eigenvalue weighted by atomic mass is 19.4. The third-order valence-corrected chi connectivity index (χ3v) is 3.43. The lowest BCUT2D eigenvalue weighted by Crippen LogP contribution is -2.25. The molecule has 1 aromatic carbocycles. The number of hydrogen-bond acceptors (Lipinski definition) is 2. The van der Waals surface area contributed by atoms with Gasteiger partial charge in [-0.05, 0) is 29.6 Å². The molecule has 1 atom stereocenters. The van der Waals surface area contributed by atoms with Gasteiger partial charge in [0.2, 0.25) is 5.91 Å². The van der Waals surface area contributed by atoms with E-state index in [-0.39, 0.29) is 43.4 Å². The monoisotopic (exact) mass is 316 g/mol. The number of likely N-dealkylation sites (tertiary alicyclic amines) is 1. The summed E-state index contributed by atoms with van der Waals surface area (Å²) in [7, 11) is 0. The zero-order chi connectivity index (χ0) is 16.3. The highest BCUT2D eigenvalue weighted by molar-refractivity contribution is 5.78. The molecule has 1 aromatic rings. The van der Waals surface area contributed by atoms with Crippen LogP contribution in [0.1, 0.15) is 17.5 Å². The Balaban J connectivity index is 2.13. The van der Waals surface area contributed by atoms with Crippen LogP contribution in [0, 0.1) is 11.7 Å². The largest absolute Gasteiger partial charge is 0.416 e. The third kappa shape index (κ3) is 3.67. The molecule has 0 radical (unpaired) electrons. The van der Waals surface area contributed by atoms with Crippen LogP contribution in [0.5, 0.6) is 0 Å². The summed E-state index contributed by atoms with van der Waals surface area (Å²) in [5.74, 6) is -1.29. The van der Waals surface area contributed by atoms with Gasteiger partial charge in [-0.1, -0.05) is 5.11 Å². The number of halogens is 4. The summed E-state index contributed by atoms with van der Waals surface area (Å²) >= 11 is 0. The molecule has 22 heavy (non-hydrogen) atoms. The van der Waals surface area contributed by atoms with Crippen LogP contribution < -0.4 is 0 Å². The van der Waals surface area contributed by atoms with Gasteiger partial charge in [0.1, 0.15) is 5.82 Å². The second kappa shape index (κ2) is 6.23. The van der Waals surface area contributed by atoms with Gasteiger partial charge < -0.3 is 4.90 Å². The van der Waals surface area contributed by atoms with Crippen molar-refractivity contribution >= 4 is 5.91 Å². The van der Waals surface area contributed by atoms with E-state index in [0.717, 1.165) is 6.07 Å². The molecule has 5 nitrogen and oxygen atoms in total. The predicted molar refractivity (Wildman–Crippen MR) is 68.9 cm³/mol. The standard InChI is InChI=1S/C13H12F4N4O/c14-11-2-1-10(13(15,16)17)4-9(11)7-21-6-8(3-12(21)22)5-19-20-18/h1-2,4,8H,3,5-7H2. The first kappa shape index (κ1) is 16.1. The highest BCUT2D eigenvalue weighted by Crippen LogP contribution is 2.31. The smallest absolute Gasteiger partial charge is 0.338 e. The van der Waals surface area contributed by atoms with E-state index in [9.17, 15) is 22.4 Å². The Bertz CT molecular complexity index is 625. The van der Waals surface area contributed by atoms with Crippen LogP contribution in [0.3, 0.4) is 0 Å². The van der Waals surface area contributed by atoms with Crippen molar-refractivity contribution in [3.05, 3.63) is 45.6 Å². The number of amides is 1. The van der Waals surface area contributed by atoms with Gasteiger partial charge in [-0.3, -0.25) is 4.79 Å². The van der Waals surface area contributed by atoms with E-state index in [4.69, 9.17) is 5.53 Å². The van der Waals surface area contributed by atoms with E-state index < -0.39 is 17.6 Å². The second-order valence-corrected chi connectivity index (χ2v) is 5.06. The van der Waals surface area contributed by atoms with Gasteiger partial charge in [0.25, 0.3) is 0 Å². The van der Waals surface area contributed by atoms with E-state index in [1.54, 1.807) is 0 Å². The molecule has 0 aliphatic carbocycles. The van der Waals surface area contributed by atoms with Gasteiger partial charge in [0.05, 0.1) is 5.56 Å². The molecule has 1 fully saturated rings. The zero-order valence-electron chi connectivity index (χ0n) is 11.3. The summed E-state index contributed by atoms with van der Waals surface area (Å²) in [6.45, 7) is 0.124. The van der Waals surface area contributed by atoms with Crippen LogP contribution in [-0.4, -0.2) is 23.9 Å². The molecule has 0 saturated carbocycles. The molecule has 2 rings (SSSR count). The number of hydrogen-bond donors (Lipinski definition) is 0. The lowest BCUT2D eigenvalue weighted by atomic mass is 10.1. The van der Waals surface area contributed by atoms with Crippen LogP contribution in [0.4, 0.5) is 17.6 Å². The van der Waals surface area contributed by atoms with Crippen molar-refractivity contribution < 1.29 is 22.4 Å². The minimum absolute atomic E-state index is 0.129. The molecule has 1 aliphatic rings. The van der Waals surface area contributed by atoms with E-state index in [0.29, 0.717) is 12.1 Å². The Kier molecular flexibility index (Phi) is 4.56. The molecule has 1 heterocycles. The Morgan fingerprint density at radius 3 is 2.77 bits per heavy atom. The molecule has 1 amide bonds. The summed E-state index contributed by atoms with van der Waals surface area (Å²) in [5.41, 5.74) is 7.10. The summed E-state index contributed by atoms with van der Waals surface area (Å²) in [6, 6.07) is 2.12. The van der Waals surface area contributed by atoms with Crippen LogP contribution in [-0.2, 0) is 17.5 Å². The number of alkyl halides is 3. The SMILES string of the molecule is [N-]=[N+]=NCC1CC(=O)N(Cc2cc(C(F)(F)F)ccc2F)C1. The lowest BCUT2D eigenvalue weighted by Gasteiger charge is -2.18. The molecule has 1 aliphatic heterocycles. The van der Waals surface area contributed by atoms with Crippen molar-refractivity contribution in [3.63, 3.8) is 0 Å². The fraction of sp³-hybridized carbons (Fsp3) is 0.462. The summed E-state index contributed by atoms with van der Waals surface area (Å²) < 4.78 is 51.6. The first-order chi connectivity index (χ1) is 10.3. The van der Waals surface area contributed by atoms with Gasteiger partial charge in [-0.15, -0.1) is 0 Å². The average molecular weight is 316 g/mol. The van der Waals surface area contributed by atoms with E-state index in [1.165, 1.54) is 4.90 Å². The molecule has 118 valence electrons. The number of azide groups is 1. The molecule has 9 heteroatoms. The number of carbonyl (C=O) groups excluding carboxylic acids is 1. The first-order valence-electron chi connectivity index (χ1n) is 6.45. The van der Waals surface area contributed by atoms with Crippen molar-refractivity contribution in [2.24, 2.45) is 11.0 Å². The Morgan fingerprint density at radius 2 is 2.14 bits per heavy atom. The van der Waals surface area contributed by atoms with Crippen LogP contribution >= 0.6 is 0 Å². The number of rotatable bonds is 4. The molecule has 0 bridgehead atoms. The number of benzene rings is 1. The molecular formula is C13H12F4N4O. The molecule has 1 saturated heterocycles. The van der Waals surface area contributed by atoms with E-state index in [2.05, 4.69) is 10.0 Å². The number of nitrogens with zero attached hydrogens (tertiary/aromatic N) is 4. The molecular weight excluding hydrogens is 304 g/mol. The summed E-state index contributed by atoms with van der Waals surface area (Å²) in [6.07, 6.45) is -4.43. The predicted octanol–water partition coefficient (Wildman–Crippen LogP) is 3.50. The first-order valence-corrected chi connectivity index (χ1v) is 6.45. The Labute approximate surface area is 123 Å². The third-order valence-electron chi connectivity index (χ3n) is 3.43. The van der Waals surface area contributed by atoms with Crippen molar-refractivity contribution in [2.75, 3.05) is 13.1 Å². The second-order valence-electron chi connectivity index (χ2n) is 5.06. The topological polar surface area (TPSA) is 69.1 Å². The molecule has 0 aromatic heterocycles. The van der Waals surface area contributed by atoms with Crippen molar-refractivity contribution in [1.82, 2.24) is 4.90 Å². The van der Waals surface area contributed by atoms with Gasteiger partial charge >= 0.3 is 6.18 Å². The average Bonchev–Trinajstić information content (AvgIpc) is 2.78. The zero-order valence-corrected chi connectivity index (χ0v) is 11.3. The fourth-order valence-corrected chi connectivity index (χ4v) is 2.36. The lowest BCUT2D eigenvalue weighted by molar-refractivity contribution is -0.137. The van der Waals surface area contributed by atoms with Crippen LogP contribution in [0.2, 0.25) is 0 Å².